The van der Waals surface area contributed by atoms with E-state index in [0.29, 0.717) is 39.2 Å². The summed E-state index contributed by atoms with van der Waals surface area (Å²) in [5.74, 6) is 0.159. The smallest absolute Gasteiger partial charge is 0.291 e. The van der Waals surface area contributed by atoms with E-state index in [2.05, 4.69) is 10.6 Å². The summed E-state index contributed by atoms with van der Waals surface area (Å²) in [5.41, 5.74) is 1.87. The Morgan fingerprint density at radius 3 is 2.29 bits per heavy atom. The van der Waals surface area contributed by atoms with E-state index < -0.39 is 5.91 Å². The van der Waals surface area contributed by atoms with Crippen LogP contribution >= 0.6 is 23.2 Å². The van der Waals surface area contributed by atoms with Crippen molar-refractivity contribution in [3.8, 4) is 11.3 Å². The lowest BCUT2D eigenvalue weighted by molar-refractivity contribution is -0.116. The molecule has 0 spiro atoms. The first-order chi connectivity index (χ1) is 13.5. The summed E-state index contributed by atoms with van der Waals surface area (Å²) >= 11 is 12.2. The lowest BCUT2D eigenvalue weighted by atomic mass is 10.2. The van der Waals surface area contributed by atoms with Gasteiger partial charge in [0.25, 0.3) is 5.91 Å². The number of hydrogen-bond acceptors (Lipinski definition) is 3. The molecule has 0 radical (unpaired) electrons. The molecular weight excluding hydrogens is 399 g/mol. The number of anilines is 2. The second-order valence-corrected chi connectivity index (χ2v) is 6.88. The van der Waals surface area contributed by atoms with Crippen LogP contribution in [0.15, 0.2) is 59.0 Å². The van der Waals surface area contributed by atoms with E-state index in [1.54, 1.807) is 54.6 Å². The van der Waals surface area contributed by atoms with Crippen LogP contribution in [0.5, 0.6) is 0 Å². The lowest BCUT2D eigenvalue weighted by Gasteiger charge is -2.07. The summed E-state index contributed by atoms with van der Waals surface area (Å²) in [6, 6.07) is 15.3. The molecule has 0 aliphatic heterocycles. The van der Waals surface area contributed by atoms with E-state index in [4.69, 9.17) is 27.6 Å². The molecule has 2 amide bonds. The maximum atomic E-state index is 12.4. The van der Waals surface area contributed by atoms with Crippen LogP contribution in [0.3, 0.4) is 0 Å². The van der Waals surface area contributed by atoms with Crippen molar-refractivity contribution in [1.29, 1.82) is 0 Å². The molecule has 28 heavy (non-hydrogen) atoms. The van der Waals surface area contributed by atoms with Gasteiger partial charge in [0.15, 0.2) is 5.76 Å². The third kappa shape index (κ3) is 4.74. The monoisotopic (exact) mass is 416 g/mol. The topological polar surface area (TPSA) is 71.3 Å². The quantitative estimate of drug-likeness (QED) is 0.498. The largest absolute Gasteiger partial charge is 0.451 e. The van der Waals surface area contributed by atoms with Crippen LogP contribution in [0.2, 0.25) is 10.0 Å². The first-order valence-corrected chi connectivity index (χ1v) is 9.49. The molecule has 144 valence electrons. The van der Waals surface area contributed by atoms with E-state index in [9.17, 15) is 9.59 Å². The van der Waals surface area contributed by atoms with Crippen molar-refractivity contribution in [3.05, 3.63) is 70.4 Å². The van der Waals surface area contributed by atoms with Gasteiger partial charge in [-0.2, -0.15) is 0 Å². The average Bonchev–Trinajstić information content (AvgIpc) is 3.16. The van der Waals surface area contributed by atoms with Crippen LogP contribution in [0, 0.1) is 0 Å². The number of carbonyl (C=O) groups excluding carboxylic acids is 2. The van der Waals surface area contributed by atoms with Gasteiger partial charge in [0.2, 0.25) is 5.91 Å². The number of amides is 2. The van der Waals surface area contributed by atoms with Gasteiger partial charge in [-0.05, 0) is 55.0 Å². The molecule has 0 saturated carbocycles. The molecule has 0 saturated heterocycles. The Balaban J connectivity index is 1.68. The van der Waals surface area contributed by atoms with Crippen LogP contribution < -0.4 is 10.6 Å². The fourth-order valence-electron chi connectivity index (χ4n) is 2.58. The molecule has 2 N–H and O–H groups in total. The van der Waals surface area contributed by atoms with Crippen molar-refractivity contribution in [2.24, 2.45) is 0 Å². The zero-order valence-electron chi connectivity index (χ0n) is 15.1. The van der Waals surface area contributed by atoms with Crippen LogP contribution in [0.25, 0.3) is 11.3 Å². The van der Waals surface area contributed by atoms with Crippen molar-refractivity contribution >= 4 is 46.4 Å². The van der Waals surface area contributed by atoms with Crippen LogP contribution in [-0.2, 0) is 4.79 Å². The number of carbonyl (C=O) groups is 2. The van der Waals surface area contributed by atoms with Gasteiger partial charge in [-0.25, -0.2) is 0 Å². The minimum atomic E-state index is -0.396. The van der Waals surface area contributed by atoms with Gasteiger partial charge in [-0.1, -0.05) is 36.2 Å². The van der Waals surface area contributed by atoms with Crippen LogP contribution in [0.1, 0.15) is 30.3 Å². The predicted octanol–water partition coefficient (Wildman–Crippen LogP) is 6.24. The van der Waals surface area contributed by atoms with Gasteiger partial charge in [-0.15, -0.1) is 0 Å². The molecule has 0 aliphatic rings. The van der Waals surface area contributed by atoms with Gasteiger partial charge in [0.1, 0.15) is 5.76 Å². The highest BCUT2D eigenvalue weighted by Gasteiger charge is 2.15. The van der Waals surface area contributed by atoms with E-state index >= 15 is 0 Å². The maximum absolute atomic E-state index is 12.4. The number of rotatable bonds is 6. The number of nitrogens with one attached hydrogen (secondary N) is 2. The van der Waals surface area contributed by atoms with Crippen LogP contribution in [-0.4, -0.2) is 11.8 Å². The zero-order valence-corrected chi connectivity index (χ0v) is 16.6. The second kappa shape index (κ2) is 8.95. The first kappa shape index (κ1) is 20.0. The van der Waals surface area contributed by atoms with Crippen molar-refractivity contribution in [2.75, 3.05) is 10.6 Å². The van der Waals surface area contributed by atoms with Crippen LogP contribution in [0.4, 0.5) is 11.4 Å². The number of halogens is 2. The minimum absolute atomic E-state index is 0.0397. The molecule has 5 nitrogen and oxygen atoms in total. The van der Waals surface area contributed by atoms with E-state index in [1.165, 1.54) is 0 Å². The van der Waals surface area contributed by atoms with Gasteiger partial charge >= 0.3 is 0 Å². The normalized spacial score (nSPS) is 10.5. The molecule has 3 rings (SSSR count). The highest BCUT2D eigenvalue weighted by molar-refractivity contribution is 6.43. The van der Waals surface area contributed by atoms with Gasteiger partial charge in [-0.3, -0.25) is 9.59 Å². The van der Waals surface area contributed by atoms with Gasteiger partial charge in [0.05, 0.1) is 10.0 Å². The van der Waals surface area contributed by atoms with Crippen molar-refractivity contribution in [2.45, 2.75) is 19.8 Å². The summed E-state index contributed by atoms with van der Waals surface area (Å²) in [4.78, 5) is 24.0. The Kier molecular flexibility index (Phi) is 6.39. The standard InChI is InChI=1S/C21H18Cl2N2O3/c1-2-4-19(26)24-13-7-9-14(10-8-13)25-21(27)18-12-11-17(28-18)15-5-3-6-16(22)20(15)23/h3,5-12H,2,4H2,1H3,(H,24,26)(H,25,27). The third-order valence-corrected chi connectivity index (χ3v) is 4.77. The molecule has 1 aromatic heterocycles. The first-order valence-electron chi connectivity index (χ1n) is 8.73. The van der Waals surface area contributed by atoms with E-state index in [-0.39, 0.29) is 11.7 Å². The molecule has 0 unspecified atom stereocenters. The number of furan rings is 1. The third-order valence-electron chi connectivity index (χ3n) is 3.95. The average molecular weight is 417 g/mol. The van der Waals surface area contributed by atoms with Crippen molar-refractivity contribution in [3.63, 3.8) is 0 Å². The van der Waals surface area contributed by atoms with Gasteiger partial charge < -0.3 is 15.1 Å². The Hall–Kier alpha value is -2.76. The molecule has 2 aromatic carbocycles. The van der Waals surface area contributed by atoms with Gasteiger partial charge in [0, 0.05) is 23.4 Å². The second-order valence-electron chi connectivity index (χ2n) is 6.09. The molecule has 3 aromatic rings. The van der Waals surface area contributed by atoms with E-state index in [0.717, 1.165) is 6.42 Å². The predicted molar refractivity (Wildman–Crippen MR) is 112 cm³/mol. The minimum Gasteiger partial charge on any atom is -0.451 e. The molecule has 7 heteroatoms. The Bertz CT molecular complexity index is 997. The Morgan fingerprint density at radius 1 is 0.929 bits per heavy atom. The summed E-state index contributed by atoms with van der Waals surface area (Å²) < 4.78 is 5.63. The summed E-state index contributed by atoms with van der Waals surface area (Å²) in [7, 11) is 0. The molecule has 1 heterocycles. The fourth-order valence-corrected chi connectivity index (χ4v) is 2.97. The number of hydrogen-bond donors (Lipinski definition) is 2. The Morgan fingerprint density at radius 2 is 1.61 bits per heavy atom. The van der Waals surface area contributed by atoms with E-state index in [1.807, 2.05) is 6.92 Å². The van der Waals surface area contributed by atoms with Crippen molar-refractivity contribution in [1.82, 2.24) is 0 Å². The highest BCUT2D eigenvalue weighted by atomic mass is 35.5. The molecule has 0 atom stereocenters. The summed E-state index contributed by atoms with van der Waals surface area (Å²) in [5, 5.41) is 6.32. The SMILES string of the molecule is CCCC(=O)Nc1ccc(NC(=O)c2ccc(-c3cccc(Cl)c3Cl)o2)cc1. The maximum Gasteiger partial charge on any atom is 0.291 e. The lowest BCUT2D eigenvalue weighted by Crippen LogP contribution is -2.12. The summed E-state index contributed by atoms with van der Waals surface area (Å²) in [6.07, 6.45) is 1.25. The summed E-state index contributed by atoms with van der Waals surface area (Å²) in [6.45, 7) is 1.94. The molecule has 0 aliphatic carbocycles. The van der Waals surface area contributed by atoms with Crippen molar-refractivity contribution < 1.29 is 14.0 Å². The molecule has 0 bridgehead atoms. The number of benzene rings is 2. The molecular formula is C21H18Cl2N2O3. The zero-order chi connectivity index (χ0) is 20.1. The Labute approximate surface area is 172 Å². The fraction of sp³-hybridized carbons (Fsp3) is 0.143. The highest BCUT2D eigenvalue weighted by Crippen LogP contribution is 2.34. The molecule has 0 fully saturated rings.